The molecule has 0 spiro atoms. The van der Waals surface area contributed by atoms with Gasteiger partial charge in [0.2, 0.25) is 0 Å². The maximum absolute atomic E-state index is 10.3. The number of likely N-dealkylation sites (N-methyl/N-ethyl adjacent to an activating group) is 1. The first-order valence-electron chi connectivity index (χ1n) is 8.80. The molecule has 0 aromatic carbocycles. The van der Waals surface area contributed by atoms with E-state index in [2.05, 4.69) is 36.7 Å². The number of aromatic carboxylic acids is 4. The molecule has 0 aliphatic carbocycles. The van der Waals surface area contributed by atoms with Gasteiger partial charge < -0.3 is 46.1 Å². The smallest absolute Gasteiger partial charge is 0.354 e. The molecule has 0 aliphatic heterocycles. The van der Waals surface area contributed by atoms with Crippen LogP contribution in [-0.2, 0) is 0 Å². The summed E-state index contributed by atoms with van der Waals surface area (Å²) < 4.78 is 0. The number of hydrogen-bond acceptors (Lipinski definition) is 8. The number of rotatable bonds is 6. The standard InChI is InChI=1S/2C7H5NO4.C5H14N2.H2O/c2*9-6(10)4-2-1-3-5(8-4)7(11)12;1-5(6)4-7(2)3;/h2*1-3H,(H,9,10)(H,11,12);5H,4,6H2,1-3H3;1H2/t;;5-;/m..0./s1. The molecule has 2 rings (SSSR count). The van der Waals surface area contributed by atoms with E-state index in [1.165, 1.54) is 47.8 Å². The quantitative estimate of drug-likeness (QED) is 0.324. The topological polar surface area (TPSA) is 244 Å². The SMILES string of the molecule is C[C@H]([NH3+])C[NH+](C)C.O.O=C([O-])c1cccc(C(=O)O)n1.O=C([O-])c1cccc(C(=O)O)n1. The van der Waals surface area contributed by atoms with Gasteiger partial charge in [-0.2, -0.15) is 0 Å². The number of carboxylic acid groups (broad SMARTS) is 4. The number of nitrogens with zero attached hydrogens (tertiary/aromatic N) is 2. The first kappa shape index (κ1) is 30.3. The summed E-state index contributed by atoms with van der Waals surface area (Å²) in [6.07, 6.45) is 0. The molecule has 0 bridgehead atoms. The molecule has 0 radical (unpaired) electrons. The van der Waals surface area contributed by atoms with Gasteiger partial charge in [-0.1, -0.05) is 12.1 Å². The normalized spacial score (nSPS) is 10.3. The molecule has 0 unspecified atom stereocenters. The Morgan fingerprint density at radius 2 is 1.19 bits per heavy atom. The lowest BCUT2D eigenvalue weighted by atomic mass is 10.3. The lowest BCUT2D eigenvalue weighted by Gasteiger charge is -2.05. The summed E-state index contributed by atoms with van der Waals surface area (Å²) in [5, 5.41) is 37.2. The van der Waals surface area contributed by atoms with Crippen LogP contribution in [0, 0.1) is 0 Å². The van der Waals surface area contributed by atoms with E-state index in [9.17, 15) is 29.4 Å². The molecule has 0 aliphatic rings. The molecule has 0 amide bonds. The molecule has 2 aromatic rings. The van der Waals surface area contributed by atoms with Crippen LogP contribution in [0.2, 0.25) is 0 Å². The number of pyridine rings is 2. The van der Waals surface area contributed by atoms with Crippen molar-refractivity contribution < 1.29 is 55.7 Å². The highest BCUT2D eigenvalue weighted by Crippen LogP contribution is 1.98. The zero-order valence-electron chi connectivity index (χ0n) is 17.7. The molecule has 2 aromatic heterocycles. The molecule has 13 heteroatoms. The molecular weight excluding hydrogens is 428 g/mol. The fourth-order valence-corrected chi connectivity index (χ4v) is 2.03. The van der Waals surface area contributed by atoms with Gasteiger partial charge in [-0.15, -0.1) is 0 Å². The van der Waals surface area contributed by atoms with Crippen LogP contribution in [0.3, 0.4) is 0 Å². The second-order valence-electron chi connectivity index (χ2n) is 6.52. The van der Waals surface area contributed by atoms with E-state index in [4.69, 9.17) is 10.2 Å². The second-order valence-corrected chi connectivity index (χ2v) is 6.52. The fourth-order valence-electron chi connectivity index (χ4n) is 2.03. The number of carboxylic acids is 4. The summed E-state index contributed by atoms with van der Waals surface area (Å²) in [6.45, 7) is 3.30. The van der Waals surface area contributed by atoms with Crippen LogP contribution in [0.25, 0.3) is 0 Å². The molecule has 0 saturated carbocycles. The zero-order valence-corrected chi connectivity index (χ0v) is 17.7. The van der Waals surface area contributed by atoms with Crippen molar-refractivity contribution in [1.29, 1.82) is 0 Å². The van der Waals surface area contributed by atoms with Crippen molar-refractivity contribution in [3.8, 4) is 0 Å². The summed E-state index contributed by atoms with van der Waals surface area (Å²) in [6, 6.07) is 7.92. The number of carbonyl (C=O) groups is 4. The summed E-state index contributed by atoms with van der Waals surface area (Å²) in [5.41, 5.74) is 2.48. The monoisotopic (exact) mass is 454 g/mol. The maximum Gasteiger partial charge on any atom is 0.354 e. The Morgan fingerprint density at radius 1 is 0.875 bits per heavy atom. The molecule has 176 valence electrons. The number of carbonyl (C=O) groups excluding carboxylic acids is 2. The maximum atomic E-state index is 10.3. The van der Waals surface area contributed by atoms with Crippen LogP contribution in [0.1, 0.15) is 48.9 Å². The molecule has 32 heavy (non-hydrogen) atoms. The highest BCUT2D eigenvalue weighted by molar-refractivity contribution is 5.89. The first-order chi connectivity index (χ1) is 14.3. The number of hydrogen-bond donors (Lipinski definition) is 4. The van der Waals surface area contributed by atoms with Crippen molar-refractivity contribution >= 4 is 23.9 Å². The van der Waals surface area contributed by atoms with Crippen LogP contribution in [0.4, 0.5) is 0 Å². The van der Waals surface area contributed by atoms with Crippen LogP contribution >= 0.6 is 0 Å². The van der Waals surface area contributed by atoms with Crippen LogP contribution in [0.5, 0.6) is 0 Å². The first-order valence-corrected chi connectivity index (χ1v) is 8.80. The Labute approximate surface area is 183 Å². The lowest BCUT2D eigenvalue weighted by Crippen LogP contribution is -3.08. The average molecular weight is 454 g/mol. The minimum absolute atomic E-state index is 0. The van der Waals surface area contributed by atoms with Crippen molar-refractivity contribution in [2.45, 2.75) is 13.0 Å². The van der Waals surface area contributed by atoms with Gasteiger partial charge in [0, 0.05) is 0 Å². The van der Waals surface area contributed by atoms with Crippen molar-refractivity contribution in [2.24, 2.45) is 0 Å². The highest BCUT2D eigenvalue weighted by atomic mass is 16.4. The molecule has 13 nitrogen and oxygen atoms in total. The summed E-state index contributed by atoms with van der Waals surface area (Å²) in [4.78, 5) is 49.1. The number of aromatic nitrogens is 2. The third-order valence-electron chi connectivity index (χ3n) is 3.11. The van der Waals surface area contributed by atoms with E-state index in [1.54, 1.807) is 0 Å². The van der Waals surface area contributed by atoms with Crippen molar-refractivity contribution in [3.63, 3.8) is 0 Å². The van der Waals surface area contributed by atoms with Crippen molar-refractivity contribution in [1.82, 2.24) is 9.97 Å². The van der Waals surface area contributed by atoms with Crippen molar-refractivity contribution in [3.05, 3.63) is 59.2 Å². The minimum Gasteiger partial charge on any atom is -0.543 e. The van der Waals surface area contributed by atoms with Crippen LogP contribution in [0.15, 0.2) is 36.4 Å². The van der Waals surface area contributed by atoms with Gasteiger partial charge in [0.1, 0.15) is 24.0 Å². The van der Waals surface area contributed by atoms with E-state index in [-0.39, 0.29) is 28.3 Å². The second kappa shape index (κ2) is 15.0. The Morgan fingerprint density at radius 3 is 1.38 bits per heavy atom. The third kappa shape index (κ3) is 12.6. The molecule has 2 heterocycles. The van der Waals surface area contributed by atoms with E-state index in [0.29, 0.717) is 6.04 Å². The molecular formula is C19H26N4O9. The number of nitrogens with one attached hydrogen (secondary N) is 1. The zero-order chi connectivity index (χ0) is 24.1. The molecule has 1 atom stereocenters. The largest absolute Gasteiger partial charge is 0.543 e. The van der Waals surface area contributed by atoms with Crippen LogP contribution in [-0.4, -0.2) is 76.2 Å². The average Bonchev–Trinajstić information content (AvgIpc) is 2.68. The van der Waals surface area contributed by atoms with Gasteiger partial charge in [-0.25, -0.2) is 19.6 Å². The Hall–Kier alpha value is -3.94. The van der Waals surface area contributed by atoms with Gasteiger partial charge in [-0.3, -0.25) is 0 Å². The van der Waals surface area contributed by atoms with Gasteiger partial charge in [0.25, 0.3) is 0 Å². The van der Waals surface area contributed by atoms with E-state index < -0.39 is 23.9 Å². The van der Waals surface area contributed by atoms with Gasteiger partial charge in [0.05, 0.1) is 37.4 Å². The minimum atomic E-state index is -1.49. The Balaban J connectivity index is 0. The Kier molecular flexibility index (Phi) is 14.1. The lowest BCUT2D eigenvalue weighted by molar-refractivity contribution is -0.868. The Bertz CT molecular complexity index is 785. The predicted molar refractivity (Wildman–Crippen MR) is 105 cm³/mol. The molecule has 8 N–H and O–H groups in total. The van der Waals surface area contributed by atoms with Gasteiger partial charge in [0.15, 0.2) is 0 Å². The van der Waals surface area contributed by atoms with Gasteiger partial charge >= 0.3 is 11.9 Å². The predicted octanol–water partition coefficient (Wildman–Crippen LogP) is -4.78. The fraction of sp³-hybridized carbons (Fsp3) is 0.263. The molecule has 0 fully saturated rings. The van der Waals surface area contributed by atoms with E-state index in [1.807, 2.05) is 0 Å². The van der Waals surface area contributed by atoms with Gasteiger partial charge in [-0.05, 0) is 31.2 Å². The van der Waals surface area contributed by atoms with E-state index in [0.717, 1.165) is 0 Å². The summed E-state index contributed by atoms with van der Waals surface area (Å²) >= 11 is 0. The summed E-state index contributed by atoms with van der Waals surface area (Å²) in [7, 11) is 4.28. The van der Waals surface area contributed by atoms with Crippen LogP contribution < -0.4 is 20.8 Å². The number of quaternary nitrogens is 2. The van der Waals surface area contributed by atoms with Crippen molar-refractivity contribution in [2.75, 3.05) is 20.6 Å². The third-order valence-corrected chi connectivity index (χ3v) is 3.11. The highest BCUT2D eigenvalue weighted by Gasteiger charge is 2.05. The molecule has 0 saturated heterocycles. The van der Waals surface area contributed by atoms with E-state index >= 15 is 0 Å². The summed E-state index contributed by atoms with van der Waals surface area (Å²) in [5.74, 6) is -5.51.